The molecule has 1 unspecified atom stereocenters. The number of benzene rings is 1. The van der Waals surface area contributed by atoms with E-state index in [0.717, 1.165) is 24.8 Å². The molecule has 1 aromatic heterocycles. The van der Waals surface area contributed by atoms with Gasteiger partial charge in [0.15, 0.2) is 18.3 Å². The largest absolute Gasteiger partial charge is 0.469 e. The Hall–Kier alpha value is -2.18. The van der Waals surface area contributed by atoms with E-state index in [2.05, 4.69) is 4.98 Å². The molecule has 148 valence electrons. The number of carbonyl (C=O) groups excluding carboxylic acids is 1. The molecule has 4 rings (SSSR count). The maximum Gasteiger partial charge on any atom is 0.260 e. The highest BCUT2D eigenvalue weighted by Crippen LogP contribution is 2.35. The first-order chi connectivity index (χ1) is 13.5. The maximum atomic E-state index is 14.9. The van der Waals surface area contributed by atoms with Gasteiger partial charge in [-0.15, -0.1) is 0 Å². The predicted molar refractivity (Wildman–Crippen MR) is 103 cm³/mol. The Morgan fingerprint density at radius 2 is 2.14 bits per heavy atom. The summed E-state index contributed by atoms with van der Waals surface area (Å²) in [4.78, 5) is 18.7. The molecule has 2 heterocycles. The lowest BCUT2D eigenvalue weighted by atomic mass is 9.90. The first-order valence-electron chi connectivity index (χ1n) is 9.50. The molecule has 1 aliphatic carbocycles. The van der Waals surface area contributed by atoms with E-state index in [1.165, 1.54) is 4.90 Å². The van der Waals surface area contributed by atoms with Crippen LogP contribution in [-0.2, 0) is 6.42 Å². The number of carbonyl (C=O) groups is 1. The molecule has 0 bridgehead atoms. The molecule has 0 radical (unpaired) electrons. The van der Waals surface area contributed by atoms with Crippen LogP contribution >= 0.6 is 11.6 Å². The third kappa shape index (κ3) is 3.47. The molecule has 7 heteroatoms. The summed E-state index contributed by atoms with van der Waals surface area (Å²) in [7, 11) is 0. The molecule has 5 nitrogen and oxygen atoms in total. The fraction of sp³-hybridized carbons (Fsp3) is 0.429. The number of nitrogens with zero attached hydrogens (tertiary/aromatic N) is 2. The van der Waals surface area contributed by atoms with Gasteiger partial charge >= 0.3 is 0 Å². The second-order valence-corrected chi connectivity index (χ2v) is 7.87. The van der Waals surface area contributed by atoms with Crippen molar-refractivity contribution in [3.63, 3.8) is 0 Å². The number of pyridine rings is 1. The second kappa shape index (κ2) is 7.68. The number of aliphatic hydroxyl groups is 1. The van der Waals surface area contributed by atoms with Gasteiger partial charge in [-0.3, -0.25) is 9.69 Å². The van der Waals surface area contributed by atoms with E-state index in [-0.39, 0.29) is 30.0 Å². The SMILES string of the molecule is Cc1c(Cc2ccc(Cl)nc2)cc2c(c1F)OCN(C1CCCC[C@@H]1O)C2=O. The minimum Gasteiger partial charge on any atom is -0.469 e. The van der Waals surface area contributed by atoms with Crippen molar-refractivity contribution in [2.24, 2.45) is 0 Å². The maximum absolute atomic E-state index is 14.9. The van der Waals surface area contributed by atoms with Crippen molar-refractivity contribution in [3.8, 4) is 5.75 Å². The highest BCUT2D eigenvalue weighted by molar-refractivity contribution is 6.29. The van der Waals surface area contributed by atoms with E-state index >= 15 is 0 Å². The number of aromatic nitrogens is 1. The van der Waals surface area contributed by atoms with Crippen molar-refractivity contribution in [2.45, 2.75) is 51.2 Å². The van der Waals surface area contributed by atoms with Crippen molar-refractivity contribution in [2.75, 3.05) is 6.73 Å². The highest BCUT2D eigenvalue weighted by atomic mass is 35.5. The Balaban J connectivity index is 1.67. The third-order valence-electron chi connectivity index (χ3n) is 5.69. The van der Waals surface area contributed by atoms with E-state index < -0.39 is 11.9 Å². The van der Waals surface area contributed by atoms with Crippen molar-refractivity contribution in [1.29, 1.82) is 0 Å². The van der Waals surface area contributed by atoms with Crippen molar-refractivity contribution >= 4 is 17.5 Å². The average Bonchev–Trinajstić information content (AvgIpc) is 2.69. The summed E-state index contributed by atoms with van der Waals surface area (Å²) in [5.74, 6) is -0.796. The van der Waals surface area contributed by atoms with Crippen LogP contribution in [0.1, 0.15) is 52.7 Å². The fourth-order valence-corrected chi connectivity index (χ4v) is 4.15. The van der Waals surface area contributed by atoms with Crippen LogP contribution in [0.2, 0.25) is 5.15 Å². The molecule has 0 saturated heterocycles. The molecule has 1 aromatic carbocycles. The lowest BCUT2D eigenvalue weighted by Gasteiger charge is -2.40. The van der Waals surface area contributed by atoms with Gasteiger partial charge in [-0.25, -0.2) is 9.37 Å². The number of amides is 1. The molecule has 0 spiro atoms. The van der Waals surface area contributed by atoms with Gasteiger partial charge in [-0.05, 0) is 55.0 Å². The number of ether oxygens (including phenoxy) is 1. The van der Waals surface area contributed by atoms with Gasteiger partial charge in [0, 0.05) is 6.20 Å². The number of hydrogen-bond acceptors (Lipinski definition) is 4. The number of rotatable bonds is 3. The Kier molecular flexibility index (Phi) is 5.25. The van der Waals surface area contributed by atoms with Crippen LogP contribution in [0.25, 0.3) is 0 Å². The number of aliphatic hydroxyl groups excluding tert-OH is 1. The lowest BCUT2D eigenvalue weighted by Crippen LogP contribution is -2.52. The summed E-state index contributed by atoms with van der Waals surface area (Å²) in [6.07, 6.45) is 4.79. The van der Waals surface area contributed by atoms with Crippen LogP contribution in [0, 0.1) is 12.7 Å². The molecule has 1 aliphatic heterocycles. The monoisotopic (exact) mass is 404 g/mol. The summed E-state index contributed by atoms with van der Waals surface area (Å²) >= 11 is 5.83. The zero-order valence-corrected chi connectivity index (χ0v) is 16.4. The molecule has 1 fully saturated rings. The first-order valence-corrected chi connectivity index (χ1v) is 9.87. The van der Waals surface area contributed by atoms with E-state index in [0.29, 0.717) is 29.1 Å². The van der Waals surface area contributed by atoms with Gasteiger partial charge in [0.25, 0.3) is 5.91 Å². The zero-order valence-electron chi connectivity index (χ0n) is 15.6. The molecule has 2 atom stereocenters. The standard InChI is InChI=1S/C21H22ClFN2O3/c1-12-14(8-13-6-7-18(22)24-10-13)9-15-20(19(12)23)28-11-25(21(15)27)16-4-2-3-5-17(16)26/h6-7,9-10,16-17,26H,2-5,8,11H2,1H3/t16?,17-/m0/s1. The molecule has 2 aromatic rings. The third-order valence-corrected chi connectivity index (χ3v) is 5.91. The van der Waals surface area contributed by atoms with Crippen LogP contribution < -0.4 is 4.74 Å². The van der Waals surface area contributed by atoms with Crippen LogP contribution in [0.15, 0.2) is 24.4 Å². The van der Waals surface area contributed by atoms with E-state index in [1.54, 1.807) is 25.3 Å². The molecular weight excluding hydrogens is 383 g/mol. The topological polar surface area (TPSA) is 62.7 Å². The van der Waals surface area contributed by atoms with Gasteiger partial charge < -0.3 is 9.84 Å². The first kappa shape index (κ1) is 19.2. The van der Waals surface area contributed by atoms with Crippen LogP contribution in [0.3, 0.4) is 0 Å². The zero-order chi connectivity index (χ0) is 19.8. The summed E-state index contributed by atoms with van der Waals surface area (Å²) in [6.45, 7) is 1.64. The normalized spacial score (nSPS) is 22.0. The summed E-state index contributed by atoms with van der Waals surface area (Å²) in [5, 5.41) is 10.7. The van der Waals surface area contributed by atoms with Crippen molar-refractivity contribution in [3.05, 3.63) is 57.6 Å². The van der Waals surface area contributed by atoms with E-state index in [1.807, 2.05) is 6.07 Å². The predicted octanol–water partition coefficient (Wildman–Crippen LogP) is 3.87. The lowest BCUT2D eigenvalue weighted by molar-refractivity contribution is -0.0134. The van der Waals surface area contributed by atoms with Gasteiger partial charge in [0.1, 0.15) is 5.15 Å². The molecule has 1 saturated carbocycles. The molecule has 2 aliphatic rings. The Morgan fingerprint density at radius 3 is 2.86 bits per heavy atom. The number of fused-ring (bicyclic) bond motifs is 1. The molecule has 1 N–H and O–H groups in total. The quantitative estimate of drug-likeness (QED) is 0.789. The van der Waals surface area contributed by atoms with Crippen LogP contribution in [0.4, 0.5) is 4.39 Å². The minimum absolute atomic E-state index is 0.00188. The van der Waals surface area contributed by atoms with Crippen LogP contribution in [-0.4, -0.2) is 39.8 Å². The highest BCUT2D eigenvalue weighted by Gasteiger charge is 2.37. The summed E-state index contributed by atoms with van der Waals surface area (Å²) < 4.78 is 20.6. The Morgan fingerprint density at radius 1 is 1.36 bits per heavy atom. The van der Waals surface area contributed by atoms with Gasteiger partial charge in [-0.1, -0.05) is 30.5 Å². The molecule has 28 heavy (non-hydrogen) atoms. The average molecular weight is 405 g/mol. The van der Waals surface area contributed by atoms with Crippen molar-refractivity contribution in [1.82, 2.24) is 9.88 Å². The molecular formula is C21H22ClFN2O3. The second-order valence-electron chi connectivity index (χ2n) is 7.48. The fourth-order valence-electron chi connectivity index (χ4n) is 4.04. The number of halogens is 2. The summed E-state index contributed by atoms with van der Waals surface area (Å²) in [5.41, 5.74) is 2.23. The van der Waals surface area contributed by atoms with Gasteiger partial charge in [-0.2, -0.15) is 0 Å². The van der Waals surface area contributed by atoms with E-state index in [9.17, 15) is 14.3 Å². The summed E-state index contributed by atoms with van der Waals surface area (Å²) in [6, 6.07) is 4.92. The van der Waals surface area contributed by atoms with Crippen LogP contribution in [0.5, 0.6) is 5.75 Å². The van der Waals surface area contributed by atoms with Gasteiger partial charge in [0.05, 0.1) is 17.7 Å². The number of hydrogen-bond donors (Lipinski definition) is 1. The minimum atomic E-state index is -0.572. The Bertz CT molecular complexity index is 904. The molecule has 1 amide bonds. The Labute approximate surface area is 168 Å². The van der Waals surface area contributed by atoms with Gasteiger partial charge in [0.2, 0.25) is 0 Å². The van der Waals surface area contributed by atoms with E-state index in [4.69, 9.17) is 16.3 Å². The van der Waals surface area contributed by atoms with Crippen molar-refractivity contribution < 1.29 is 19.0 Å². The smallest absolute Gasteiger partial charge is 0.260 e.